The molecule has 0 spiro atoms. The van der Waals surface area contributed by atoms with E-state index in [1.54, 1.807) is 0 Å². The lowest BCUT2D eigenvalue weighted by atomic mass is 10.2. The quantitative estimate of drug-likeness (QED) is 0.879. The summed E-state index contributed by atoms with van der Waals surface area (Å²) >= 11 is 0. The summed E-state index contributed by atoms with van der Waals surface area (Å²) in [6.07, 6.45) is -4.86. The highest BCUT2D eigenvalue weighted by Crippen LogP contribution is 2.23. The molecule has 1 aromatic carbocycles. The van der Waals surface area contributed by atoms with Gasteiger partial charge in [0.2, 0.25) is 0 Å². The predicted octanol–water partition coefficient (Wildman–Crippen LogP) is 1.79. The summed E-state index contributed by atoms with van der Waals surface area (Å²) in [6.45, 7) is 1.23. The fourth-order valence-electron chi connectivity index (χ4n) is 1.18. The van der Waals surface area contributed by atoms with Gasteiger partial charge in [-0.05, 0) is 25.1 Å². The minimum absolute atomic E-state index is 0.130. The van der Waals surface area contributed by atoms with E-state index < -0.39 is 30.0 Å². The van der Waals surface area contributed by atoms with Gasteiger partial charge in [-0.2, -0.15) is 0 Å². The molecule has 0 unspecified atom stereocenters. The lowest BCUT2D eigenvalue weighted by molar-refractivity contribution is -0.274. The van der Waals surface area contributed by atoms with E-state index in [1.165, 1.54) is 19.1 Å². The Bertz CT molecular complexity index is 487. The fourth-order valence-corrected chi connectivity index (χ4v) is 1.18. The number of aliphatic carboxylic acids is 1. The van der Waals surface area contributed by atoms with E-state index in [2.05, 4.69) is 10.1 Å². The van der Waals surface area contributed by atoms with Crippen molar-refractivity contribution in [2.24, 2.45) is 0 Å². The molecule has 0 radical (unpaired) electrons. The number of halogens is 3. The van der Waals surface area contributed by atoms with Gasteiger partial charge in [0.05, 0.1) is 0 Å². The van der Waals surface area contributed by atoms with Crippen LogP contribution in [0.5, 0.6) is 5.75 Å². The number of alkyl halides is 3. The molecule has 104 valence electrons. The first-order chi connectivity index (χ1) is 8.69. The van der Waals surface area contributed by atoms with Gasteiger partial charge in [0.25, 0.3) is 5.91 Å². The number of carbonyl (C=O) groups is 2. The van der Waals surface area contributed by atoms with E-state index >= 15 is 0 Å². The number of amides is 1. The molecule has 0 saturated heterocycles. The average Bonchev–Trinajstić information content (AvgIpc) is 2.26. The van der Waals surface area contributed by atoms with E-state index in [4.69, 9.17) is 5.11 Å². The summed E-state index contributed by atoms with van der Waals surface area (Å²) in [5.41, 5.74) is -0.130. The van der Waals surface area contributed by atoms with Gasteiger partial charge in [-0.25, -0.2) is 0 Å². The van der Waals surface area contributed by atoms with Crippen LogP contribution in [0.3, 0.4) is 0 Å². The largest absolute Gasteiger partial charge is 0.573 e. The first kappa shape index (κ1) is 14.8. The van der Waals surface area contributed by atoms with Gasteiger partial charge in [-0.3, -0.25) is 9.59 Å². The fraction of sp³-hybridized carbons (Fsp3) is 0.273. The van der Waals surface area contributed by atoms with Gasteiger partial charge in [0, 0.05) is 5.56 Å². The van der Waals surface area contributed by atoms with Crippen LogP contribution in [0, 0.1) is 0 Å². The third-order valence-electron chi connectivity index (χ3n) is 2.05. The van der Waals surface area contributed by atoms with Gasteiger partial charge in [0.15, 0.2) is 0 Å². The predicted molar refractivity (Wildman–Crippen MR) is 57.7 cm³/mol. The molecule has 0 fully saturated rings. The number of rotatable bonds is 4. The second-order valence-electron chi connectivity index (χ2n) is 3.61. The van der Waals surface area contributed by atoms with Crippen molar-refractivity contribution in [3.8, 4) is 5.75 Å². The number of ether oxygens (including phenoxy) is 1. The van der Waals surface area contributed by atoms with E-state index in [0.29, 0.717) is 0 Å². The van der Waals surface area contributed by atoms with Crippen LogP contribution in [0.2, 0.25) is 0 Å². The first-order valence-electron chi connectivity index (χ1n) is 5.08. The number of hydrogen-bond donors (Lipinski definition) is 2. The minimum atomic E-state index is -4.86. The third kappa shape index (κ3) is 4.86. The van der Waals surface area contributed by atoms with E-state index in [1.807, 2.05) is 0 Å². The Labute approximate surface area is 106 Å². The van der Waals surface area contributed by atoms with Crippen LogP contribution in [0.25, 0.3) is 0 Å². The van der Waals surface area contributed by atoms with Crippen molar-refractivity contribution in [2.75, 3.05) is 0 Å². The standard InChI is InChI=1S/C11H10F3NO4/c1-6(10(17)18)15-9(16)7-3-2-4-8(5-7)19-11(12,13)14/h2-6H,1H3,(H,15,16)(H,17,18)/t6-/m1/s1. The minimum Gasteiger partial charge on any atom is -0.480 e. The van der Waals surface area contributed by atoms with E-state index in [0.717, 1.165) is 12.1 Å². The van der Waals surface area contributed by atoms with Gasteiger partial charge in [0.1, 0.15) is 11.8 Å². The topological polar surface area (TPSA) is 75.6 Å². The van der Waals surface area contributed by atoms with Crippen LogP contribution >= 0.6 is 0 Å². The summed E-state index contributed by atoms with van der Waals surface area (Å²) in [5.74, 6) is -2.61. The van der Waals surface area contributed by atoms with Gasteiger partial charge in [-0.15, -0.1) is 13.2 Å². The van der Waals surface area contributed by atoms with Crippen molar-refractivity contribution >= 4 is 11.9 Å². The number of carboxylic acid groups (broad SMARTS) is 1. The van der Waals surface area contributed by atoms with Crippen molar-refractivity contribution in [3.63, 3.8) is 0 Å². The second kappa shape index (κ2) is 5.59. The zero-order chi connectivity index (χ0) is 14.6. The van der Waals surface area contributed by atoms with Crippen molar-refractivity contribution in [1.29, 1.82) is 0 Å². The second-order valence-corrected chi connectivity index (χ2v) is 3.61. The molecule has 0 heterocycles. The Morgan fingerprint density at radius 1 is 1.37 bits per heavy atom. The number of carboxylic acids is 1. The Morgan fingerprint density at radius 3 is 2.53 bits per heavy atom. The van der Waals surface area contributed by atoms with Gasteiger partial charge >= 0.3 is 12.3 Å². The monoisotopic (exact) mass is 277 g/mol. The van der Waals surface area contributed by atoms with Crippen molar-refractivity contribution in [3.05, 3.63) is 29.8 Å². The Morgan fingerprint density at radius 2 is 2.00 bits per heavy atom. The van der Waals surface area contributed by atoms with Crippen molar-refractivity contribution < 1.29 is 32.6 Å². The van der Waals surface area contributed by atoms with Crippen LogP contribution < -0.4 is 10.1 Å². The molecule has 2 N–H and O–H groups in total. The molecule has 1 aromatic rings. The summed E-state index contributed by atoms with van der Waals surface area (Å²) in [7, 11) is 0. The molecule has 19 heavy (non-hydrogen) atoms. The van der Waals surface area contributed by atoms with Gasteiger partial charge < -0.3 is 15.2 Å². The highest BCUT2D eigenvalue weighted by molar-refractivity contribution is 5.96. The van der Waals surface area contributed by atoms with Gasteiger partial charge in [-0.1, -0.05) is 6.07 Å². The molecule has 0 aliphatic rings. The molecule has 0 aliphatic carbocycles. The number of hydrogen-bond acceptors (Lipinski definition) is 3. The molecule has 1 rings (SSSR count). The highest BCUT2D eigenvalue weighted by Gasteiger charge is 2.31. The maximum Gasteiger partial charge on any atom is 0.573 e. The Hall–Kier alpha value is -2.25. The van der Waals surface area contributed by atoms with Crippen molar-refractivity contribution in [2.45, 2.75) is 19.3 Å². The summed E-state index contributed by atoms with van der Waals surface area (Å²) in [5, 5.41) is 10.7. The molecule has 0 aromatic heterocycles. The third-order valence-corrected chi connectivity index (χ3v) is 2.05. The molecule has 1 amide bonds. The maximum absolute atomic E-state index is 12.0. The normalized spacial score (nSPS) is 12.6. The van der Waals surface area contributed by atoms with Crippen LogP contribution in [0.1, 0.15) is 17.3 Å². The van der Waals surface area contributed by atoms with Crippen LogP contribution in [-0.2, 0) is 4.79 Å². The van der Waals surface area contributed by atoms with E-state index in [-0.39, 0.29) is 5.56 Å². The molecule has 8 heteroatoms. The van der Waals surface area contributed by atoms with E-state index in [9.17, 15) is 22.8 Å². The molecule has 0 saturated carbocycles. The number of nitrogens with one attached hydrogen (secondary N) is 1. The lowest BCUT2D eigenvalue weighted by Gasteiger charge is -2.11. The smallest absolute Gasteiger partial charge is 0.480 e. The lowest BCUT2D eigenvalue weighted by Crippen LogP contribution is -2.38. The first-order valence-corrected chi connectivity index (χ1v) is 5.08. The molecular weight excluding hydrogens is 267 g/mol. The summed E-state index contributed by atoms with van der Waals surface area (Å²) in [4.78, 5) is 22.1. The SMILES string of the molecule is C[C@@H](NC(=O)c1cccc(OC(F)(F)F)c1)C(=O)O. The average molecular weight is 277 g/mol. The van der Waals surface area contributed by atoms with Crippen LogP contribution in [0.15, 0.2) is 24.3 Å². The zero-order valence-corrected chi connectivity index (χ0v) is 9.69. The summed E-state index contributed by atoms with van der Waals surface area (Å²) in [6, 6.07) is 3.19. The molecule has 0 aliphatic heterocycles. The molecule has 1 atom stereocenters. The zero-order valence-electron chi connectivity index (χ0n) is 9.69. The maximum atomic E-state index is 12.0. The summed E-state index contributed by atoms with van der Waals surface area (Å²) < 4.78 is 39.6. The van der Waals surface area contributed by atoms with Crippen molar-refractivity contribution in [1.82, 2.24) is 5.32 Å². The molecule has 0 bridgehead atoms. The number of carbonyl (C=O) groups excluding carboxylic acids is 1. The molecular formula is C11H10F3NO4. The Kier molecular flexibility index (Phi) is 4.36. The molecule has 5 nitrogen and oxygen atoms in total. The Balaban J connectivity index is 2.81. The van der Waals surface area contributed by atoms with Crippen LogP contribution in [-0.4, -0.2) is 29.4 Å². The highest BCUT2D eigenvalue weighted by atomic mass is 19.4. The number of benzene rings is 1. The van der Waals surface area contributed by atoms with Crippen LogP contribution in [0.4, 0.5) is 13.2 Å².